The van der Waals surface area contributed by atoms with E-state index in [1.54, 1.807) is 0 Å². The SMILES string of the molecule is CC(C)CCCCCCCCCCCCCCCCCC(=O)OC[C@H](COC(=O)CCCCCCCCCCCCCCCC(C)C)OC(=O)CCCCCCCCCCCCCCCC(C)C. The van der Waals surface area contributed by atoms with Gasteiger partial charge in [0.15, 0.2) is 6.10 Å². The average molecular weight is 962 g/mol. The zero-order valence-electron chi connectivity index (χ0n) is 46.9. The van der Waals surface area contributed by atoms with E-state index in [9.17, 15) is 14.4 Å². The van der Waals surface area contributed by atoms with E-state index < -0.39 is 6.10 Å². The van der Waals surface area contributed by atoms with Crippen LogP contribution in [0.5, 0.6) is 0 Å². The fourth-order valence-corrected chi connectivity index (χ4v) is 9.53. The molecule has 0 aromatic carbocycles. The van der Waals surface area contributed by atoms with Crippen molar-refractivity contribution in [3.05, 3.63) is 0 Å². The van der Waals surface area contributed by atoms with Crippen LogP contribution in [0.3, 0.4) is 0 Å². The minimum Gasteiger partial charge on any atom is -0.462 e. The van der Waals surface area contributed by atoms with Crippen molar-refractivity contribution in [1.82, 2.24) is 0 Å². The standard InChI is InChI=1S/C62H120O6/c1-56(2)48-42-36-30-24-18-12-8-7-9-15-21-27-33-39-45-51-60(63)66-54-59(68-62(65)53-47-41-35-29-23-17-11-14-20-26-32-38-44-50-58(5)6)55-67-61(64)52-46-40-34-28-22-16-10-13-19-25-31-37-43-49-57(3)4/h56-59H,7-55H2,1-6H3/t59-/m1/s1. The van der Waals surface area contributed by atoms with Gasteiger partial charge in [0.2, 0.25) is 0 Å². The van der Waals surface area contributed by atoms with E-state index >= 15 is 0 Å². The monoisotopic (exact) mass is 961 g/mol. The lowest BCUT2D eigenvalue weighted by Gasteiger charge is -2.18. The Morgan fingerprint density at radius 3 is 0.632 bits per heavy atom. The zero-order chi connectivity index (χ0) is 49.8. The minimum absolute atomic E-state index is 0.0629. The topological polar surface area (TPSA) is 78.9 Å². The summed E-state index contributed by atoms with van der Waals surface area (Å²) < 4.78 is 16.9. The molecule has 6 heteroatoms. The zero-order valence-corrected chi connectivity index (χ0v) is 46.9. The second-order valence-electron chi connectivity index (χ2n) is 22.8. The van der Waals surface area contributed by atoms with Crippen LogP contribution < -0.4 is 0 Å². The minimum atomic E-state index is -0.764. The molecule has 6 nitrogen and oxygen atoms in total. The third kappa shape index (κ3) is 55.3. The predicted octanol–water partition coefficient (Wildman–Crippen LogP) is 20.3. The molecule has 0 aromatic rings. The summed E-state index contributed by atoms with van der Waals surface area (Å²) in [5.74, 6) is 1.69. The number of ether oxygens (including phenoxy) is 3. The first kappa shape index (κ1) is 66.4. The summed E-state index contributed by atoms with van der Waals surface area (Å²) in [7, 11) is 0. The molecule has 0 N–H and O–H groups in total. The van der Waals surface area contributed by atoms with Crippen molar-refractivity contribution in [2.45, 2.75) is 349 Å². The Labute approximate surface area is 425 Å². The van der Waals surface area contributed by atoms with Crippen LogP contribution in [0, 0.1) is 17.8 Å². The molecule has 0 radical (unpaired) electrons. The van der Waals surface area contributed by atoms with Gasteiger partial charge in [-0.05, 0) is 37.0 Å². The van der Waals surface area contributed by atoms with Crippen LogP contribution in [0.25, 0.3) is 0 Å². The molecule has 0 fully saturated rings. The van der Waals surface area contributed by atoms with Crippen LogP contribution in [0.1, 0.15) is 343 Å². The number of carbonyl (C=O) groups excluding carboxylic acids is 3. The van der Waals surface area contributed by atoms with Gasteiger partial charge in [-0.1, -0.05) is 305 Å². The van der Waals surface area contributed by atoms with E-state index in [0.29, 0.717) is 19.3 Å². The van der Waals surface area contributed by atoms with Gasteiger partial charge in [-0.25, -0.2) is 0 Å². The molecular formula is C62H120O6. The van der Waals surface area contributed by atoms with Crippen LogP contribution in [-0.2, 0) is 28.6 Å². The molecule has 0 heterocycles. The highest BCUT2D eigenvalue weighted by Crippen LogP contribution is 2.19. The fraction of sp³-hybridized carbons (Fsp3) is 0.952. The molecule has 68 heavy (non-hydrogen) atoms. The summed E-state index contributed by atoms with van der Waals surface area (Å²) in [5, 5.41) is 0. The predicted molar refractivity (Wildman–Crippen MR) is 293 cm³/mol. The third-order valence-corrected chi connectivity index (χ3v) is 14.1. The van der Waals surface area contributed by atoms with Crippen LogP contribution in [0.15, 0.2) is 0 Å². The molecule has 0 saturated heterocycles. The normalized spacial score (nSPS) is 12.1. The Kier molecular flexibility index (Phi) is 52.0. The largest absolute Gasteiger partial charge is 0.462 e. The Morgan fingerprint density at radius 2 is 0.426 bits per heavy atom. The summed E-state index contributed by atoms with van der Waals surface area (Å²) >= 11 is 0. The molecule has 404 valence electrons. The number of rotatable bonds is 55. The highest BCUT2D eigenvalue weighted by molar-refractivity contribution is 5.71. The van der Waals surface area contributed by atoms with E-state index in [2.05, 4.69) is 41.5 Å². The van der Waals surface area contributed by atoms with E-state index in [1.165, 1.54) is 225 Å². The van der Waals surface area contributed by atoms with Crippen molar-refractivity contribution in [2.75, 3.05) is 13.2 Å². The number of hydrogen-bond acceptors (Lipinski definition) is 6. The van der Waals surface area contributed by atoms with Gasteiger partial charge in [0.05, 0.1) is 0 Å². The van der Waals surface area contributed by atoms with Gasteiger partial charge in [0.25, 0.3) is 0 Å². The van der Waals surface area contributed by atoms with Gasteiger partial charge < -0.3 is 14.2 Å². The molecule has 0 bridgehead atoms. The van der Waals surface area contributed by atoms with Crippen LogP contribution in [0.4, 0.5) is 0 Å². The van der Waals surface area contributed by atoms with Crippen LogP contribution in [-0.4, -0.2) is 37.2 Å². The Bertz CT molecular complexity index is 1050. The maximum Gasteiger partial charge on any atom is 0.306 e. The molecule has 0 rings (SSSR count). The number of esters is 3. The van der Waals surface area contributed by atoms with E-state index in [0.717, 1.165) is 75.5 Å². The lowest BCUT2D eigenvalue weighted by molar-refractivity contribution is -0.167. The Balaban J connectivity index is 4.30. The first-order chi connectivity index (χ1) is 33.1. The fourth-order valence-electron chi connectivity index (χ4n) is 9.53. The quantitative estimate of drug-likeness (QED) is 0.0343. The summed E-state index contributed by atoms with van der Waals surface area (Å²) in [4.78, 5) is 38.2. The molecule has 0 aliphatic heterocycles. The van der Waals surface area contributed by atoms with Gasteiger partial charge in [-0.2, -0.15) is 0 Å². The molecule has 1 atom stereocenters. The Hall–Kier alpha value is -1.59. The van der Waals surface area contributed by atoms with Gasteiger partial charge in [0, 0.05) is 19.3 Å². The van der Waals surface area contributed by atoms with Gasteiger partial charge in [-0.15, -0.1) is 0 Å². The molecule has 0 aliphatic carbocycles. The van der Waals surface area contributed by atoms with E-state index in [-0.39, 0.29) is 31.1 Å². The van der Waals surface area contributed by atoms with Crippen molar-refractivity contribution in [3.63, 3.8) is 0 Å². The molecule has 0 aliphatic rings. The first-order valence-electron chi connectivity index (χ1n) is 30.6. The van der Waals surface area contributed by atoms with Crippen LogP contribution in [0.2, 0.25) is 0 Å². The molecule has 0 unspecified atom stereocenters. The number of unbranched alkanes of at least 4 members (excludes halogenated alkanes) is 38. The van der Waals surface area contributed by atoms with Crippen molar-refractivity contribution in [2.24, 2.45) is 17.8 Å². The highest BCUT2D eigenvalue weighted by atomic mass is 16.6. The summed E-state index contributed by atoms with van der Waals surface area (Å²) in [6.07, 6.45) is 56.7. The van der Waals surface area contributed by atoms with Gasteiger partial charge in [-0.3, -0.25) is 14.4 Å². The van der Waals surface area contributed by atoms with Crippen molar-refractivity contribution < 1.29 is 28.6 Å². The summed E-state index contributed by atoms with van der Waals surface area (Å²) in [6.45, 7) is 13.8. The third-order valence-electron chi connectivity index (χ3n) is 14.1. The molecule has 0 amide bonds. The second-order valence-corrected chi connectivity index (χ2v) is 22.8. The van der Waals surface area contributed by atoms with Crippen molar-refractivity contribution in [3.8, 4) is 0 Å². The molecule has 0 aromatic heterocycles. The Morgan fingerprint density at radius 1 is 0.250 bits per heavy atom. The maximum absolute atomic E-state index is 12.9. The number of hydrogen-bond donors (Lipinski definition) is 0. The van der Waals surface area contributed by atoms with Crippen molar-refractivity contribution in [1.29, 1.82) is 0 Å². The molecular weight excluding hydrogens is 841 g/mol. The van der Waals surface area contributed by atoms with Gasteiger partial charge in [0.1, 0.15) is 13.2 Å². The average Bonchev–Trinajstić information content (AvgIpc) is 3.30. The lowest BCUT2D eigenvalue weighted by atomic mass is 10.0. The molecule has 0 saturated carbocycles. The molecule has 0 spiro atoms. The summed E-state index contributed by atoms with van der Waals surface area (Å²) in [6, 6.07) is 0. The maximum atomic E-state index is 12.9. The van der Waals surface area contributed by atoms with E-state index in [1.807, 2.05) is 0 Å². The second kappa shape index (κ2) is 53.2. The first-order valence-corrected chi connectivity index (χ1v) is 30.6. The summed E-state index contributed by atoms with van der Waals surface area (Å²) in [5.41, 5.74) is 0. The number of carbonyl (C=O) groups is 3. The van der Waals surface area contributed by atoms with E-state index in [4.69, 9.17) is 14.2 Å². The van der Waals surface area contributed by atoms with Crippen molar-refractivity contribution >= 4 is 17.9 Å². The highest BCUT2D eigenvalue weighted by Gasteiger charge is 2.19. The van der Waals surface area contributed by atoms with Crippen LogP contribution >= 0.6 is 0 Å². The van der Waals surface area contributed by atoms with Gasteiger partial charge >= 0.3 is 17.9 Å². The smallest absolute Gasteiger partial charge is 0.306 e. The lowest BCUT2D eigenvalue weighted by Crippen LogP contribution is -2.30.